The Kier molecular flexibility index (Phi) is 6.32. The van der Waals surface area contributed by atoms with Gasteiger partial charge in [-0.15, -0.1) is 0 Å². The normalized spacial score (nSPS) is 12.4. The zero-order valence-corrected chi connectivity index (χ0v) is 11.4. The molecule has 1 rings (SSSR count). The van der Waals surface area contributed by atoms with E-state index in [1.165, 1.54) is 0 Å². The van der Waals surface area contributed by atoms with Crippen LogP contribution in [0.5, 0.6) is 5.75 Å². The van der Waals surface area contributed by atoms with Crippen molar-refractivity contribution in [1.82, 2.24) is 4.90 Å². The first-order valence-electron chi connectivity index (χ1n) is 6.23. The highest BCUT2D eigenvalue weighted by Gasteiger charge is 2.12. The van der Waals surface area contributed by atoms with Crippen LogP contribution in [0.25, 0.3) is 0 Å². The molecule has 1 unspecified atom stereocenters. The van der Waals surface area contributed by atoms with Gasteiger partial charge in [0, 0.05) is 13.1 Å². The number of carboxylic acid groups (broad SMARTS) is 1. The maximum atomic E-state index is 10.5. The van der Waals surface area contributed by atoms with Gasteiger partial charge in [-0.1, -0.05) is 18.2 Å². The molecule has 0 aromatic heterocycles. The van der Waals surface area contributed by atoms with Crippen molar-refractivity contribution < 1.29 is 19.7 Å². The van der Waals surface area contributed by atoms with Gasteiger partial charge in [0.25, 0.3) is 0 Å². The van der Waals surface area contributed by atoms with Crippen LogP contribution in [0.15, 0.2) is 24.3 Å². The highest BCUT2D eigenvalue weighted by Crippen LogP contribution is 2.17. The Bertz CT molecular complexity index is 408. The Morgan fingerprint density at radius 3 is 2.74 bits per heavy atom. The fraction of sp³-hybridized carbons (Fsp3) is 0.500. The summed E-state index contributed by atoms with van der Waals surface area (Å²) in [6.45, 7) is 1.08. The SMILES string of the molecule is COc1ccccc1CCN(C)CC(O)CC(=O)O. The smallest absolute Gasteiger partial charge is 0.306 e. The molecule has 0 aliphatic heterocycles. The van der Waals surface area contributed by atoms with E-state index in [1.54, 1.807) is 7.11 Å². The highest BCUT2D eigenvalue weighted by molar-refractivity contribution is 5.67. The van der Waals surface area contributed by atoms with Gasteiger partial charge >= 0.3 is 5.97 Å². The van der Waals surface area contributed by atoms with Gasteiger partial charge in [-0.25, -0.2) is 0 Å². The van der Waals surface area contributed by atoms with Crippen LogP contribution in [-0.4, -0.2) is 54.4 Å². The molecule has 5 nitrogen and oxygen atoms in total. The number of aliphatic hydroxyl groups is 1. The molecule has 19 heavy (non-hydrogen) atoms. The molecule has 0 amide bonds. The van der Waals surface area contributed by atoms with Crippen LogP contribution in [0.1, 0.15) is 12.0 Å². The topological polar surface area (TPSA) is 70.0 Å². The second-order valence-corrected chi connectivity index (χ2v) is 4.58. The van der Waals surface area contributed by atoms with E-state index in [4.69, 9.17) is 9.84 Å². The van der Waals surface area contributed by atoms with Gasteiger partial charge in [0.2, 0.25) is 0 Å². The second kappa shape index (κ2) is 7.76. The molecule has 1 atom stereocenters. The summed E-state index contributed by atoms with van der Waals surface area (Å²) in [7, 11) is 3.50. The van der Waals surface area contributed by atoms with Gasteiger partial charge in [0.05, 0.1) is 19.6 Å². The van der Waals surface area contributed by atoms with Crippen molar-refractivity contribution in [2.45, 2.75) is 18.9 Å². The number of nitrogens with zero attached hydrogens (tertiary/aromatic N) is 1. The van der Waals surface area contributed by atoms with Crippen molar-refractivity contribution in [3.8, 4) is 5.75 Å². The molecule has 0 aliphatic carbocycles. The number of methoxy groups -OCH3 is 1. The number of likely N-dealkylation sites (N-methyl/N-ethyl adjacent to an activating group) is 1. The van der Waals surface area contributed by atoms with Gasteiger partial charge < -0.3 is 19.8 Å². The van der Waals surface area contributed by atoms with Crippen molar-refractivity contribution in [3.05, 3.63) is 29.8 Å². The maximum Gasteiger partial charge on any atom is 0.306 e. The summed E-state index contributed by atoms with van der Waals surface area (Å²) in [5.74, 6) is -0.132. The molecule has 0 fully saturated rings. The fourth-order valence-corrected chi connectivity index (χ4v) is 1.94. The van der Waals surface area contributed by atoms with Gasteiger partial charge in [-0.2, -0.15) is 0 Å². The molecule has 0 radical (unpaired) electrons. The summed E-state index contributed by atoms with van der Waals surface area (Å²) in [4.78, 5) is 12.4. The number of para-hydroxylation sites is 1. The lowest BCUT2D eigenvalue weighted by atomic mass is 10.1. The highest BCUT2D eigenvalue weighted by atomic mass is 16.5. The summed E-state index contributed by atoms with van der Waals surface area (Å²) in [6.07, 6.45) is -0.264. The third-order valence-electron chi connectivity index (χ3n) is 2.89. The number of aliphatic carboxylic acids is 1. The predicted octanol–water partition coefficient (Wildman–Crippen LogP) is 1.01. The molecular formula is C14H21NO4. The van der Waals surface area contributed by atoms with Gasteiger partial charge in [-0.3, -0.25) is 4.79 Å². The van der Waals surface area contributed by atoms with E-state index in [1.807, 2.05) is 36.2 Å². The third kappa shape index (κ3) is 5.72. The minimum atomic E-state index is -0.981. The van der Waals surface area contributed by atoms with E-state index in [2.05, 4.69) is 0 Å². The molecule has 0 aliphatic rings. The van der Waals surface area contributed by atoms with Crippen LogP contribution < -0.4 is 4.74 Å². The van der Waals surface area contributed by atoms with Crippen LogP contribution in [0, 0.1) is 0 Å². The fourth-order valence-electron chi connectivity index (χ4n) is 1.94. The Morgan fingerprint density at radius 1 is 1.42 bits per heavy atom. The predicted molar refractivity (Wildman–Crippen MR) is 72.5 cm³/mol. The largest absolute Gasteiger partial charge is 0.496 e. The zero-order chi connectivity index (χ0) is 14.3. The van der Waals surface area contributed by atoms with Crippen LogP contribution >= 0.6 is 0 Å². The van der Waals surface area contributed by atoms with Crippen molar-refractivity contribution in [2.75, 3.05) is 27.2 Å². The van der Waals surface area contributed by atoms with E-state index in [9.17, 15) is 9.90 Å². The average molecular weight is 267 g/mol. The molecule has 1 aromatic rings. The molecule has 2 N–H and O–H groups in total. The number of hydrogen-bond acceptors (Lipinski definition) is 4. The van der Waals surface area contributed by atoms with Crippen molar-refractivity contribution in [1.29, 1.82) is 0 Å². The quantitative estimate of drug-likeness (QED) is 0.735. The molecule has 0 saturated heterocycles. The molecule has 0 bridgehead atoms. The maximum absolute atomic E-state index is 10.5. The van der Waals surface area contributed by atoms with E-state index in [-0.39, 0.29) is 6.42 Å². The molecular weight excluding hydrogens is 246 g/mol. The number of hydrogen-bond donors (Lipinski definition) is 2. The van der Waals surface area contributed by atoms with Crippen molar-refractivity contribution in [3.63, 3.8) is 0 Å². The number of carbonyl (C=O) groups is 1. The van der Waals surface area contributed by atoms with Crippen LogP contribution in [0.2, 0.25) is 0 Å². The van der Waals surface area contributed by atoms with E-state index in [0.29, 0.717) is 6.54 Å². The molecule has 0 heterocycles. The van der Waals surface area contributed by atoms with Crippen LogP contribution in [0.3, 0.4) is 0 Å². The van der Waals surface area contributed by atoms with Crippen LogP contribution in [-0.2, 0) is 11.2 Å². The zero-order valence-electron chi connectivity index (χ0n) is 11.4. The van der Waals surface area contributed by atoms with Gasteiger partial charge in [0.1, 0.15) is 5.75 Å². The third-order valence-corrected chi connectivity index (χ3v) is 2.89. The Hall–Kier alpha value is -1.59. The molecule has 5 heteroatoms. The summed E-state index contributed by atoms with van der Waals surface area (Å²) in [6, 6.07) is 7.79. The monoisotopic (exact) mass is 267 g/mol. The van der Waals surface area contributed by atoms with Crippen molar-refractivity contribution >= 4 is 5.97 Å². The molecule has 0 saturated carbocycles. The Morgan fingerprint density at radius 2 is 2.11 bits per heavy atom. The summed E-state index contributed by atoms with van der Waals surface area (Å²) < 4.78 is 5.27. The average Bonchev–Trinajstić information content (AvgIpc) is 2.35. The molecule has 1 aromatic carbocycles. The number of aliphatic hydroxyl groups excluding tert-OH is 1. The number of ether oxygens (including phenoxy) is 1. The first-order valence-corrected chi connectivity index (χ1v) is 6.23. The summed E-state index contributed by atoms with van der Waals surface area (Å²) >= 11 is 0. The molecule has 106 valence electrons. The number of rotatable bonds is 8. The Labute approximate surface area is 113 Å². The van der Waals surface area contributed by atoms with Gasteiger partial charge in [0.15, 0.2) is 0 Å². The van der Waals surface area contributed by atoms with Crippen LogP contribution in [0.4, 0.5) is 0 Å². The summed E-state index contributed by atoms with van der Waals surface area (Å²) in [5, 5.41) is 18.1. The minimum absolute atomic E-state index is 0.223. The minimum Gasteiger partial charge on any atom is -0.496 e. The summed E-state index contributed by atoms with van der Waals surface area (Å²) in [5.41, 5.74) is 1.10. The van der Waals surface area contributed by atoms with Crippen molar-refractivity contribution in [2.24, 2.45) is 0 Å². The second-order valence-electron chi connectivity index (χ2n) is 4.58. The van der Waals surface area contributed by atoms with E-state index >= 15 is 0 Å². The lowest BCUT2D eigenvalue weighted by Gasteiger charge is -2.20. The van der Waals surface area contributed by atoms with E-state index in [0.717, 1.165) is 24.3 Å². The number of carboxylic acids is 1. The lowest BCUT2D eigenvalue weighted by molar-refractivity contribution is -0.139. The van der Waals surface area contributed by atoms with E-state index < -0.39 is 12.1 Å². The first kappa shape index (κ1) is 15.5. The first-order chi connectivity index (χ1) is 9.02. The number of benzene rings is 1. The molecule has 0 spiro atoms. The standard InChI is InChI=1S/C14H21NO4/c1-15(10-12(16)9-14(17)18)8-7-11-5-3-4-6-13(11)19-2/h3-6,12,16H,7-10H2,1-2H3,(H,17,18). The van der Waals surface area contributed by atoms with Gasteiger partial charge in [-0.05, 0) is 25.1 Å². The lowest BCUT2D eigenvalue weighted by Crippen LogP contribution is -2.32. The Balaban J connectivity index is 2.41.